The zero-order chi connectivity index (χ0) is 15.1. The topological polar surface area (TPSA) is 64.8 Å². The van der Waals surface area contributed by atoms with Gasteiger partial charge < -0.3 is 20.1 Å². The highest BCUT2D eigenvalue weighted by molar-refractivity contribution is 5.81. The quantitative estimate of drug-likeness (QED) is 0.822. The smallest absolute Gasteiger partial charge is 0.239 e. The average molecular weight is 280 g/mol. The van der Waals surface area contributed by atoms with Crippen LogP contribution >= 0.6 is 0 Å². The lowest BCUT2D eigenvalue weighted by Crippen LogP contribution is -2.46. The molecule has 20 heavy (non-hydrogen) atoms. The second-order valence-corrected chi connectivity index (χ2v) is 5.03. The molecule has 1 aromatic rings. The zero-order valence-corrected chi connectivity index (χ0v) is 12.6. The number of nitrogens with two attached hydrogens (primary N) is 1. The van der Waals surface area contributed by atoms with Crippen molar-refractivity contribution in [2.45, 2.75) is 19.9 Å². The highest BCUT2D eigenvalue weighted by atomic mass is 16.5. The SMILES string of the molecule is COc1ccccc1OCCN(C)C(=O)[C@@H](N)C(C)C. The van der Waals surface area contributed by atoms with Crippen molar-refractivity contribution in [2.24, 2.45) is 11.7 Å². The lowest BCUT2D eigenvalue weighted by Gasteiger charge is -2.23. The van der Waals surface area contributed by atoms with Crippen LogP contribution in [0.4, 0.5) is 0 Å². The molecule has 0 aliphatic rings. The Labute approximate surface area is 120 Å². The number of carbonyl (C=O) groups excluding carboxylic acids is 1. The number of para-hydroxylation sites is 2. The van der Waals surface area contributed by atoms with Crippen LogP contribution in [0.15, 0.2) is 24.3 Å². The van der Waals surface area contributed by atoms with E-state index in [0.29, 0.717) is 24.7 Å². The molecule has 0 aromatic heterocycles. The van der Waals surface area contributed by atoms with E-state index in [2.05, 4.69) is 0 Å². The molecule has 0 spiro atoms. The van der Waals surface area contributed by atoms with Gasteiger partial charge in [0.05, 0.1) is 19.7 Å². The molecule has 112 valence electrons. The summed E-state index contributed by atoms with van der Waals surface area (Å²) >= 11 is 0. The maximum absolute atomic E-state index is 12.0. The monoisotopic (exact) mass is 280 g/mol. The van der Waals surface area contributed by atoms with Crippen molar-refractivity contribution in [3.8, 4) is 11.5 Å². The Hall–Kier alpha value is -1.75. The molecule has 1 atom stereocenters. The van der Waals surface area contributed by atoms with Crippen LogP contribution in [0.25, 0.3) is 0 Å². The first-order valence-corrected chi connectivity index (χ1v) is 6.73. The summed E-state index contributed by atoms with van der Waals surface area (Å²) in [6.45, 7) is 4.74. The third-order valence-electron chi connectivity index (χ3n) is 3.13. The Kier molecular flexibility index (Phi) is 6.31. The van der Waals surface area contributed by atoms with E-state index in [1.807, 2.05) is 38.1 Å². The molecule has 0 aliphatic carbocycles. The van der Waals surface area contributed by atoms with E-state index in [0.717, 1.165) is 0 Å². The number of benzene rings is 1. The lowest BCUT2D eigenvalue weighted by atomic mass is 10.0. The molecular weight excluding hydrogens is 256 g/mol. The predicted octanol–water partition coefficient (Wildman–Crippen LogP) is 1.52. The van der Waals surface area contributed by atoms with Crippen LogP contribution in [-0.2, 0) is 4.79 Å². The first kappa shape index (κ1) is 16.3. The second kappa shape index (κ2) is 7.75. The van der Waals surface area contributed by atoms with E-state index >= 15 is 0 Å². The van der Waals surface area contributed by atoms with Gasteiger partial charge in [0.1, 0.15) is 6.61 Å². The van der Waals surface area contributed by atoms with E-state index in [1.165, 1.54) is 0 Å². The summed E-state index contributed by atoms with van der Waals surface area (Å²) in [6, 6.07) is 6.95. The normalized spacial score (nSPS) is 12.1. The summed E-state index contributed by atoms with van der Waals surface area (Å²) in [5.74, 6) is 1.41. The summed E-state index contributed by atoms with van der Waals surface area (Å²) < 4.78 is 10.8. The van der Waals surface area contributed by atoms with E-state index < -0.39 is 6.04 Å². The van der Waals surface area contributed by atoms with E-state index in [4.69, 9.17) is 15.2 Å². The van der Waals surface area contributed by atoms with Crippen molar-refractivity contribution in [1.29, 1.82) is 0 Å². The Morgan fingerprint density at radius 1 is 1.30 bits per heavy atom. The maximum Gasteiger partial charge on any atom is 0.239 e. The molecule has 0 saturated carbocycles. The van der Waals surface area contributed by atoms with Gasteiger partial charge in [-0.05, 0) is 18.1 Å². The molecule has 5 nitrogen and oxygen atoms in total. The summed E-state index contributed by atoms with van der Waals surface area (Å²) in [4.78, 5) is 13.6. The summed E-state index contributed by atoms with van der Waals surface area (Å²) in [6.07, 6.45) is 0. The molecule has 1 aromatic carbocycles. The van der Waals surface area contributed by atoms with Crippen LogP contribution in [0, 0.1) is 5.92 Å². The van der Waals surface area contributed by atoms with Crippen molar-refractivity contribution in [3.05, 3.63) is 24.3 Å². The summed E-state index contributed by atoms with van der Waals surface area (Å²) in [5, 5.41) is 0. The van der Waals surface area contributed by atoms with Crippen LogP contribution in [0.3, 0.4) is 0 Å². The summed E-state index contributed by atoms with van der Waals surface area (Å²) in [7, 11) is 3.33. The Morgan fingerprint density at radius 2 is 1.90 bits per heavy atom. The molecular formula is C15H24N2O3. The van der Waals surface area contributed by atoms with Crippen LogP contribution in [0.5, 0.6) is 11.5 Å². The number of amides is 1. The molecule has 0 radical (unpaired) electrons. The van der Waals surface area contributed by atoms with Gasteiger partial charge in [-0.15, -0.1) is 0 Å². The minimum atomic E-state index is -0.466. The number of ether oxygens (including phenoxy) is 2. The number of carbonyl (C=O) groups is 1. The highest BCUT2D eigenvalue weighted by Crippen LogP contribution is 2.25. The predicted molar refractivity (Wildman–Crippen MR) is 78.9 cm³/mol. The fourth-order valence-electron chi connectivity index (χ4n) is 1.68. The number of nitrogens with zero attached hydrogens (tertiary/aromatic N) is 1. The number of likely N-dealkylation sites (N-methyl/N-ethyl adjacent to an activating group) is 1. The number of hydrogen-bond donors (Lipinski definition) is 1. The van der Waals surface area contributed by atoms with E-state index in [9.17, 15) is 4.79 Å². The van der Waals surface area contributed by atoms with Crippen molar-refractivity contribution in [1.82, 2.24) is 4.90 Å². The Balaban J connectivity index is 2.46. The van der Waals surface area contributed by atoms with Crippen molar-refractivity contribution >= 4 is 5.91 Å². The number of rotatable bonds is 7. The second-order valence-electron chi connectivity index (χ2n) is 5.03. The fourth-order valence-corrected chi connectivity index (χ4v) is 1.68. The minimum Gasteiger partial charge on any atom is -0.493 e. The Morgan fingerprint density at radius 3 is 2.45 bits per heavy atom. The van der Waals surface area contributed by atoms with Crippen LogP contribution < -0.4 is 15.2 Å². The minimum absolute atomic E-state index is 0.0661. The maximum atomic E-state index is 12.0. The van der Waals surface area contributed by atoms with E-state index in [-0.39, 0.29) is 11.8 Å². The molecule has 0 fully saturated rings. The summed E-state index contributed by atoms with van der Waals surface area (Å²) in [5.41, 5.74) is 5.84. The van der Waals surface area contributed by atoms with Gasteiger partial charge >= 0.3 is 0 Å². The molecule has 0 heterocycles. The third kappa shape index (κ3) is 4.42. The van der Waals surface area contributed by atoms with Crippen LogP contribution in [-0.4, -0.2) is 44.2 Å². The van der Waals surface area contributed by atoms with Crippen LogP contribution in [0.2, 0.25) is 0 Å². The van der Waals surface area contributed by atoms with Gasteiger partial charge in [0.15, 0.2) is 11.5 Å². The highest BCUT2D eigenvalue weighted by Gasteiger charge is 2.20. The van der Waals surface area contributed by atoms with Crippen molar-refractivity contribution < 1.29 is 14.3 Å². The van der Waals surface area contributed by atoms with Gasteiger partial charge in [-0.25, -0.2) is 0 Å². The van der Waals surface area contributed by atoms with Gasteiger partial charge in [-0.1, -0.05) is 26.0 Å². The fraction of sp³-hybridized carbons (Fsp3) is 0.533. The molecule has 0 saturated heterocycles. The first-order valence-electron chi connectivity index (χ1n) is 6.73. The molecule has 0 unspecified atom stereocenters. The van der Waals surface area contributed by atoms with Gasteiger partial charge in [0.25, 0.3) is 0 Å². The third-order valence-corrected chi connectivity index (χ3v) is 3.13. The number of methoxy groups -OCH3 is 1. The molecule has 1 amide bonds. The average Bonchev–Trinajstić information content (AvgIpc) is 2.45. The standard InChI is InChI=1S/C15H24N2O3/c1-11(2)14(16)15(18)17(3)9-10-20-13-8-6-5-7-12(13)19-4/h5-8,11,14H,9-10,16H2,1-4H3/t14-/m0/s1. The van der Waals surface area contributed by atoms with Gasteiger partial charge in [-0.3, -0.25) is 4.79 Å². The van der Waals surface area contributed by atoms with Crippen molar-refractivity contribution in [3.63, 3.8) is 0 Å². The lowest BCUT2D eigenvalue weighted by molar-refractivity contribution is -0.132. The first-order chi connectivity index (χ1) is 9.47. The van der Waals surface area contributed by atoms with Crippen molar-refractivity contribution in [2.75, 3.05) is 27.3 Å². The number of hydrogen-bond acceptors (Lipinski definition) is 4. The van der Waals surface area contributed by atoms with Gasteiger partial charge in [0, 0.05) is 7.05 Å². The van der Waals surface area contributed by atoms with Crippen LogP contribution in [0.1, 0.15) is 13.8 Å². The van der Waals surface area contributed by atoms with E-state index in [1.54, 1.807) is 19.1 Å². The molecule has 0 bridgehead atoms. The molecule has 2 N–H and O–H groups in total. The van der Waals surface area contributed by atoms with Gasteiger partial charge in [-0.2, -0.15) is 0 Å². The zero-order valence-electron chi connectivity index (χ0n) is 12.6. The molecule has 5 heteroatoms. The van der Waals surface area contributed by atoms with Gasteiger partial charge in [0.2, 0.25) is 5.91 Å². The molecule has 0 aliphatic heterocycles. The Bertz CT molecular complexity index is 435. The molecule has 1 rings (SSSR count). The largest absolute Gasteiger partial charge is 0.493 e.